The second kappa shape index (κ2) is 18.6. The topological polar surface area (TPSA) is 72.3 Å². The molecule has 27 heavy (non-hydrogen) atoms. The molecule has 0 bridgehead atoms. The van der Waals surface area contributed by atoms with Crippen LogP contribution in [0.1, 0.15) is 41.5 Å². The van der Waals surface area contributed by atoms with Crippen LogP contribution >= 0.6 is 22.7 Å². The van der Waals surface area contributed by atoms with E-state index < -0.39 is 5.60 Å². The Kier molecular flexibility index (Phi) is 21.3. The van der Waals surface area contributed by atoms with Crippen molar-refractivity contribution in [1.82, 2.24) is 9.97 Å². The number of hydrogen-bond acceptors (Lipinski definition) is 7. The van der Waals surface area contributed by atoms with Crippen LogP contribution in [0.2, 0.25) is 0 Å². The average molecular weight is 482 g/mol. The van der Waals surface area contributed by atoms with Crippen molar-refractivity contribution in [3.8, 4) is 18.8 Å². The zero-order valence-corrected chi connectivity index (χ0v) is 20.0. The van der Waals surface area contributed by atoms with Gasteiger partial charge in [0, 0.05) is 43.3 Å². The second-order valence-electron chi connectivity index (χ2n) is 4.77. The zero-order valence-electron chi connectivity index (χ0n) is 15.4. The van der Waals surface area contributed by atoms with Gasteiger partial charge in [-0.3, -0.25) is 4.79 Å². The molecule has 1 saturated heterocycles. The molecule has 3 rings (SSSR count). The Morgan fingerprint density at radius 1 is 1.26 bits per heavy atom. The maximum Gasteiger partial charge on any atom is 2.00 e. The van der Waals surface area contributed by atoms with E-state index in [2.05, 4.69) is 22.3 Å². The summed E-state index contributed by atoms with van der Waals surface area (Å²) in [6.07, 6.45) is 19.9. The van der Waals surface area contributed by atoms with Crippen molar-refractivity contribution in [2.45, 2.75) is 32.3 Å². The fourth-order valence-electron chi connectivity index (χ4n) is 1.43. The Balaban J connectivity index is -0.000000306. The number of carbonyl (C=O) groups is 1. The smallest absolute Gasteiger partial charge is 1.00 e. The molecule has 0 spiro atoms. The molecular weight excluding hydrogens is 461 g/mol. The Morgan fingerprint density at radius 3 is 2.04 bits per heavy atom. The number of ketones is 1. The Hall–Kier alpha value is -0.784. The van der Waals surface area contributed by atoms with Crippen LogP contribution in [0.3, 0.4) is 0 Å². The maximum absolute atomic E-state index is 10.5. The van der Waals surface area contributed by atoms with Gasteiger partial charge in [-0.05, 0) is 19.8 Å². The predicted octanol–water partition coefficient (Wildman–Crippen LogP) is -0.0445. The standard InChI is InChI=1S/C7H7NOS.C5H5NOS.C4H8O.C2H.BrH.Mg/c1-3-7(2,9)6-8-4-5-10-6;1-4(7)5-6-2-3-8-5;1-2-4-5-3-1;1-2;;/h1,4-5,9H,2H3;2-3H,1H3;1-4H2;1H;1H;/q;;;-1;;+2/p-1. The van der Waals surface area contributed by atoms with Crippen LogP contribution in [-0.2, 0) is 10.3 Å². The number of Topliss-reactive ketones (excluding diaryl/α,β-unsaturated/α-hetero) is 1. The third-order valence-corrected chi connectivity index (χ3v) is 4.55. The van der Waals surface area contributed by atoms with Gasteiger partial charge in [0.1, 0.15) is 5.01 Å². The minimum atomic E-state index is -1.20. The Bertz CT molecular complexity index is 642. The van der Waals surface area contributed by atoms with Crippen molar-refractivity contribution in [3.63, 3.8) is 0 Å². The summed E-state index contributed by atoms with van der Waals surface area (Å²) in [6, 6.07) is 0. The molecule has 1 aliphatic rings. The van der Waals surface area contributed by atoms with Gasteiger partial charge in [0.25, 0.3) is 0 Å². The second-order valence-corrected chi connectivity index (χ2v) is 6.56. The summed E-state index contributed by atoms with van der Waals surface area (Å²) in [6.45, 7) is 5.06. The van der Waals surface area contributed by atoms with Crippen LogP contribution in [0.15, 0.2) is 23.2 Å². The fourth-order valence-corrected chi connectivity index (χ4v) is 2.63. The van der Waals surface area contributed by atoms with Crippen molar-refractivity contribution in [2.75, 3.05) is 13.2 Å². The molecule has 1 fully saturated rings. The first-order chi connectivity index (χ1) is 12.0. The van der Waals surface area contributed by atoms with Gasteiger partial charge in [-0.15, -0.1) is 29.1 Å². The number of ether oxygens (including phenoxy) is 1. The van der Waals surface area contributed by atoms with Gasteiger partial charge in [-0.25, -0.2) is 9.97 Å². The molecule has 1 unspecified atom stereocenters. The zero-order chi connectivity index (χ0) is 19.1. The first-order valence-corrected chi connectivity index (χ1v) is 9.10. The van der Waals surface area contributed by atoms with Gasteiger partial charge in [0.2, 0.25) is 0 Å². The van der Waals surface area contributed by atoms with Gasteiger partial charge in [-0.2, -0.15) is 0 Å². The molecule has 3 heterocycles. The Labute approximate surface area is 195 Å². The van der Waals surface area contributed by atoms with Gasteiger partial charge in [0.15, 0.2) is 16.4 Å². The number of terminal acetylenes is 2. The molecule has 0 aliphatic carbocycles. The molecule has 0 saturated carbocycles. The number of thiazole rings is 2. The van der Waals surface area contributed by atoms with E-state index in [1.807, 2.05) is 0 Å². The summed E-state index contributed by atoms with van der Waals surface area (Å²) in [5.41, 5.74) is -1.20. The summed E-state index contributed by atoms with van der Waals surface area (Å²) < 4.78 is 4.94. The normalized spacial score (nSPS) is 13.0. The van der Waals surface area contributed by atoms with E-state index in [1.54, 1.807) is 30.1 Å². The van der Waals surface area contributed by atoms with Gasteiger partial charge >= 0.3 is 23.1 Å². The number of aliphatic hydroxyl groups is 1. The van der Waals surface area contributed by atoms with E-state index in [1.165, 1.54) is 42.4 Å². The summed E-state index contributed by atoms with van der Waals surface area (Å²) >= 11 is 2.72. The first-order valence-electron chi connectivity index (χ1n) is 7.34. The fraction of sp³-hybridized carbons (Fsp3) is 0.389. The van der Waals surface area contributed by atoms with Crippen LogP contribution in [0.5, 0.6) is 0 Å². The van der Waals surface area contributed by atoms with Gasteiger partial charge < -0.3 is 39.7 Å². The van der Waals surface area contributed by atoms with E-state index in [-0.39, 0.29) is 45.8 Å². The summed E-state index contributed by atoms with van der Waals surface area (Å²) in [7, 11) is 0. The number of hydrogen-bond donors (Lipinski definition) is 1. The maximum atomic E-state index is 10.5. The van der Waals surface area contributed by atoms with Crippen LogP contribution in [0.25, 0.3) is 0 Å². The number of carbonyl (C=O) groups excluding carboxylic acids is 1. The summed E-state index contributed by atoms with van der Waals surface area (Å²) in [4.78, 5) is 18.1. The third kappa shape index (κ3) is 13.9. The molecule has 1 atom stereocenters. The molecule has 0 aromatic carbocycles. The van der Waals surface area contributed by atoms with E-state index in [0.29, 0.717) is 10.0 Å². The molecule has 5 nitrogen and oxygen atoms in total. The van der Waals surface area contributed by atoms with Crippen LogP contribution in [-0.4, -0.2) is 57.1 Å². The molecule has 1 N–H and O–H groups in total. The molecule has 9 heteroatoms. The first kappa shape index (κ1) is 30.9. The number of nitrogens with zero attached hydrogens (tertiary/aromatic N) is 2. The van der Waals surface area contributed by atoms with E-state index in [9.17, 15) is 9.90 Å². The van der Waals surface area contributed by atoms with E-state index in [0.717, 1.165) is 13.2 Å². The third-order valence-electron chi connectivity index (χ3n) is 2.69. The predicted molar refractivity (Wildman–Crippen MR) is 107 cm³/mol. The summed E-state index contributed by atoms with van der Waals surface area (Å²) in [5, 5.41) is 14.1. The average Bonchev–Trinajstić information content (AvgIpc) is 3.42. The quantitative estimate of drug-likeness (QED) is 0.282. The molecule has 1 aliphatic heterocycles. The largest absolute Gasteiger partial charge is 2.00 e. The Morgan fingerprint density at radius 2 is 1.78 bits per heavy atom. The van der Waals surface area contributed by atoms with Crippen molar-refractivity contribution in [2.24, 2.45) is 0 Å². The van der Waals surface area contributed by atoms with Crippen molar-refractivity contribution < 1.29 is 31.6 Å². The molecule has 142 valence electrons. The molecule has 2 aromatic heterocycles. The van der Waals surface area contributed by atoms with Crippen LogP contribution in [0, 0.1) is 25.2 Å². The summed E-state index contributed by atoms with van der Waals surface area (Å²) in [5.74, 6) is 2.29. The molecule has 0 radical (unpaired) electrons. The minimum Gasteiger partial charge on any atom is -1.00 e. The number of halogens is 1. The molecule has 2 aromatic rings. The minimum absolute atomic E-state index is 0. The van der Waals surface area contributed by atoms with Gasteiger partial charge in [-0.1, -0.05) is 5.92 Å². The van der Waals surface area contributed by atoms with E-state index in [4.69, 9.17) is 17.6 Å². The number of aromatic nitrogens is 2. The molecule has 0 amide bonds. The van der Waals surface area contributed by atoms with E-state index >= 15 is 0 Å². The van der Waals surface area contributed by atoms with Gasteiger partial charge in [0.05, 0.1) is 0 Å². The molecular formula is C18H21BrMgN2O3S2. The van der Waals surface area contributed by atoms with Crippen molar-refractivity contribution in [1.29, 1.82) is 0 Å². The van der Waals surface area contributed by atoms with Crippen molar-refractivity contribution in [3.05, 3.63) is 39.6 Å². The number of rotatable bonds is 2. The van der Waals surface area contributed by atoms with Crippen LogP contribution < -0.4 is 17.0 Å². The monoisotopic (exact) mass is 480 g/mol. The van der Waals surface area contributed by atoms with Crippen molar-refractivity contribution >= 4 is 51.5 Å². The SMILES string of the molecule is C#CC(C)(O)c1nccs1.C1CCOC1.CC(=O)c1nccs1.[Br-].[C-]#C.[Mg+2]. The van der Waals surface area contributed by atoms with Crippen LogP contribution in [0.4, 0.5) is 0 Å².